The standard InChI is InChI=1S/C14H16ClNO/c15-8-14(17)16-13-5-4-11-6-9-2-1-3-10(9)7-12(11)13/h6-7,13H,1-5,8H2,(H,16,17). The molecule has 3 heteroatoms. The smallest absolute Gasteiger partial charge is 0.235 e. The highest BCUT2D eigenvalue weighted by Crippen LogP contribution is 2.35. The molecule has 0 aliphatic heterocycles. The van der Waals surface area contributed by atoms with Gasteiger partial charge in [0.25, 0.3) is 0 Å². The molecule has 0 radical (unpaired) electrons. The number of halogens is 1. The number of aryl methyl sites for hydroxylation is 3. The molecule has 1 atom stereocenters. The summed E-state index contributed by atoms with van der Waals surface area (Å²) in [7, 11) is 0. The van der Waals surface area contributed by atoms with Crippen molar-refractivity contribution in [2.45, 2.75) is 38.1 Å². The van der Waals surface area contributed by atoms with E-state index in [2.05, 4.69) is 17.4 Å². The van der Waals surface area contributed by atoms with Crippen LogP contribution in [0.15, 0.2) is 12.1 Å². The van der Waals surface area contributed by atoms with Crippen molar-refractivity contribution < 1.29 is 4.79 Å². The maximum atomic E-state index is 11.4. The minimum atomic E-state index is -0.0648. The van der Waals surface area contributed by atoms with Crippen molar-refractivity contribution in [2.75, 3.05) is 5.88 Å². The fraction of sp³-hybridized carbons (Fsp3) is 0.500. The van der Waals surface area contributed by atoms with E-state index in [0.29, 0.717) is 0 Å². The Balaban J connectivity index is 1.89. The molecule has 0 heterocycles. The van der Waals surface area contributed by atoms with Gasteiger partial charge in [0.2, 0.25) is 5.91 Å². The zero-order valence-corrected chi connectivity index (χ0v) is 10.5. The monoisotopic (exact) mass is 249 g/mol. The fourth-order valence-electron chi connectivity index (χ4n) is 3.07. The van der Waals surface area contributed by atoms with Crippen LogP contribution in [0.25, 0.3) is 0 Å². The van der Waals surface area contributed by atoms with Crippen LogP contribution in [0, 0.1) is 0 Å². The van der Waals surface area contributed by atoms with Crippen LogP contribution in [0.4, 0.5) is 0 Å². The van der Waals surface area contributed by atoms with Crippen molar-refractivity contribution in [3.63, 3.8) is 0 Å². The Hall–Kier alpha value is -1.02. The molecule has 0 saturated carbocycles. The lowest BCUT2D eigenvalue weighted by Gasteiger charge is -2.14. The molecule has 2 nitrogen and oxygen atoms in total. The number of benzene rings is 1. The van der Waals surface area contributed by atoms with Crippen LogP contribution < -0.4 is 5.32 Å². The van der Waals surface area contributed by atoms with Crippen LogP contribution in [0.1, 0.15) is 41.1 Å². The Morgan fingerprint density at radius 2 is 2.00 bits per heavy atom. The van der Waals surface area contributed by atoms with Crippen LogP contribution in [0.5, 0.6) is 0 Å². The molecule has 1 aromatic carbocycles. The molecule has 0 fully saturated rings. The SMILES string of the molecule is O=C(CCl)NC1CCc2cc3c(cc21)CCC3. The van der Waals surface area contributed by atoms with Gasteiger partial charge in [0.05, 0.1) is 6.04 Å². The van der Waals surface area contributed by atoms with Gasteiger partial charge in [0, 0.05) is 0 Å². The number of nitrogens with one attached hydrogen (secondary N) is 1. The molecular weight excluding hydrogens is 234 g/mol. The summed E-state index contributed by atoms with van der Waals surface area (Å²) in [6.07, 6.45) is 5.79. The Morgan fingerprint density at radius 3 is 2.76 bits per heavy atom. The first kappa shape index (κ1) is 11.1. The van der Waals surface area contributed by atoms with Crippen molar-refractivity contribution in [1.29, 1.82) is 0 Å². The Morgan fingerprint density at radius 1 is 1.24 bits per heavy atom. The molecule has 1 unspecified atom stereocenters. The minimum Gasteiger partial charge on any atom is -0.348 e. The lowest BCUT2D eigenvalue weighted by Crippen LogP contribution is -2.28. The largest absolute Gasteiger partial charge is 0.348 e. The summed E-state index contributed by atoms with van der Waals surface area (Å²) in [4.78, 5) is 11.4. The van der Waals surface area contributed by atoms with Crippen LogP contribution in [0.3, 0.4) is 0 Å². The first-order valence-electron chi connectivity index (χ1n) is 6.28. The van der Waals surface area contributed by atoms with Crippen LogP contribution in [-0.2, 0) is 24.1 Å². The van der Waals surface area contributed by atoms with E-state index in [4.69, 9.17) is 11.6 Å². The highest BCUT2D eigenvalue weighted by molar-refractivity contribution is 6.27. The molecular formula is C14H16ClNO. The Bertz CT molecular complexity index is 470. The molecule has 1 amide bonds. The zero-order chi connectivity index (χ0) is 11.8. The van der Waals surface area contributed by atoms with Crippen molar-refractivity contribution >= 4 is 17.5 Å². The number of hydrogen-bond acceptors (Lipinski definition) is 1. The van der Waals surface area contributed by atoms with Gasteiger partial charge < -0.3 is 5.32 Å². The number of rotatable bonds is 2. The van der Waals surface area contributed by atoms with Gasteiger partial charge in [-0.3, -0.25) is 4.79 Å². The van der Waals surface area contributed by atoms with Gasteiger partial charge in [-0.15, -0.1) is 11.6 Å². The van der Waals surface area contributed by atoms with E-state index < -0.39 is 0 Å². The van der Waals surface area contributed by atoms with Crippen molar-refractivity contribution in [3.8, 4) is 0 Å². The number of alkyl halides is 1. The van der Waals surface area contributed by atoms with Gasteiger partial charge in [-0.2, -0.15) is 0 Å². The number of carbonyl (C=O) groups excluding carboxylic acids is 1. The summed E-state index contributed by atoms with van der Waals surface area (Å²) in [5.74, 6) is -0.0124. The second-order valence-electron chi connectivity index (χ2n) is 4.97. The quantitative estimate of drug-likeness (QED) is 0.802. The molecule has 0 aromatic heterocycles. The van der Waals surface area contributed by atoms with E-state index in [1.165, 1.54) is 41.5 Å². The normalized spacial score (nSPS) is 21.1. The first-order chi connectivity index (χ1) is 8.28. The Labute approximate surface area is 106 Å². The average Bonchev–Trinajstić information content (AvgIpc) is 2.93. The van der Waals surface area contributed by atoms with Gasteiger partial charge in [-0.25, -0.2) is 0 Å². The molecule has 17 heavy (non-hydrogen) atoms. The molecule has 2 aliphatic rings. The third-order valence-electron chi connectivity index (χ3n) is 3.89. The minimum absolute atomic E-state index is 0.0524. The maximum absolute atomic E-state index is 11.4. The molecule has 1 aromatic rings. The summed E-state index contributed by atoms with van der Waals surface area (Å²) < 4.78 is 0. The molecule has 0 spiro atoms. The van der Waals surface area contributed by atoms with Crippen LogP contribution in [-0.4, -0.2) is 11.8 Å². The van der Waals surface area contributed by atoms with E-state index in [9.17, 15) is 4.79 Å². The predicted octanol–water partition coefficient (Wildman–Crippen LogP) is 2.52. The summed E-state index contributed by atoms with van der Waals surface area (Å²) >= 11 is 5.54. The topological polar surface area (TPSA) is 29.1 Å². The molecule has 0 bridgehead atoms. The van der Waals surface area contributed by atoms with Crippen molar-refractivity contribution in [1.82, 2.24) is 5.32 Å². The maximum Gasteiger partial charge on any atom is 0.235 e. The van der Waals surface area contributed by atoms with Crippen LogP contribution in [0.2, 0.25) is 0 Å². The summed E-state index contributed by atoms with van der Waals surface area (Å²) in [5.41, 5.74) is 5.75. The van der Waals surface area contributed by atoms with Gasteiger partial charge in [0.1, 0.15) is 5.88 Å². The lowest BCUT2D eigenvalue weighted by atomic mass is 10.0. The zero-order valence-electron chi connectivity index (χ0n) is 9.76. The average molecular weight is 250 g/mol. The number of hydrogen-bond donors (Lipinski definition) is 1. The van der Waals surface area contributed by atoms with E-state index in [1.54, 1.807) is 0 Å². The summed E-state index contributed by atoms with van der Waals surface area (Å²) in [6.45, 7) is 0. The lowest BCUT2D eigenvalue weighted by molar-refractivity contribution is -0.119. The fourth-order valence-corrected chi connectivity index (χ4v) is 3.15. The van der Waals surface area contributed by atoms with Crippen molar-refractivity contribution in [2.24, 2.45) is 0 Å². The number of amides is 1. The molecule has 3 rings (SSSR count). The highest BCUT2D eigenvalue weighted by atomic mass is 35.5. The van der Waals surface area contributed by atoms with Crippen LogP contribution >= 0.6 is 11.6 Å². The van der Waals surface area contributed by atoms with Gasteiger partial charge >= 0.3 is 0 Å². The van der Waals surface area contributed by atoms with E-state index in [1.807, 2.05) is 0 Å². The molecule has 2 aliphatic carbocycles. The second kappa shape index (κ2) is 4.34. The second-order valence-corrected chi connectivity index (χ2v) is 5.23. The van der Waals surface area contributed by atoms with Crippen molar-refractivity contribution in [3.05, 3.63) is 34.4 Å². The Kier molecular flexibility index (Phi) is 2.83. The summed E-state index contributed by atoms with van der Waals surface area (Å²) in [6, 6.07) is 4.84. The van der Waals surface area contributed by atoms with Gasteiger partial charge in [-0.05, 0) is 54.4 Å². The third-order valence-corrected chi connectivity index (χ3v) is 4.13. The third kappa shape index (κ3) is 1.95. The van der Waals surface area contributed by atoms with Gasteiger partial charge in [0.15, 0.2) is 0 Å². The number of fused-ring (bicyclic) bond motifs is 2. The first-order valence-corrected chi connectivity index (χ1v) is 6.81. The summed E-state index contributed by atoms with van der Waals surface area (Å²) in [5, 5.41) is 3.01. The van der Waals surface area contributed by atoms with E-state index >= 15 is 0 Å². The molecule has 0 saturated heterocycles. The molecule has 90 valence electrons. The number of carbonyl (C=O) groups is 1. The van der Waals surface area contributed by atoms with E-state index in [0.717, 1.165) is 12.8 Å². The van der Waals surface area contributed by atoms with Gasteiger partial charge in [-0.1, -0.05) is 12.1 Å². The predicted molar refractivity (Wildman–Crippen MR) is 68.4 cm³/mol. The van der Waals surface area contributed by atoms with E-state index in [-0.39, 0.29) is 17.8 Å². The molecule has 1 N–H and O–H groups in total. The highest BCUT2D eigenvalue weighted by Gasteiger charge is 2.26.